The summed E-state index contributed by atoms with van der Waals surface area (Å²) in [5.74, 6) is 0.406. The van der Waals surface area contributed by atoms with Crippen LogP contribution in [0.1, 0.15) is 30.9 Å². The summed E-state index contributed by atoms with van der Waals surface area (Å²) in [5, 5.41) is 0. The number of aryl methyl sites for hydroxylation is 1. The fourth-order valence-electron chi connectivity index (χ4n) is 2.06. The summed E-state index contributed by atoms with van der Waals surface area (Å²) in [6.07, 6.45) is 0. The normalized spacial score (nSPS) is 11.6. The Bertz CT molecular complexity index is 735. The zero-order valence-electron chi connectivity index (χ0n) is 12.4. The molecule has 2 aromatic carbocycles. The van der Waals surface area contributed by atoms with Crippen molar-refractivity contribution < 1.29 is 8.42 Å². The minimum atomic E-state index is -3.67. The quantitative estimate of drug-likeness (QED) is 0.849. The van der Waals surface area contributed by atoms with Crippen molar-refractivity contribution in [1.29, 1.82) is 0 Å². The van der Waals surface area contributed by atoms with Gasteiger partial charge >= 0.3 is 0 Å². The van der Waals surface area contributed by atoms with Crippen LogP contribution in [-0.2, 0) is 10.0 Å². The highest BCUT2D eigenvalue weighted by Crippen LogP contribution is 2.23. The average Bonchev–Trinajstić information content (AvgIpc) is 2.38. The van der Waals surface area contributed by atoms with Crippen molar-refractivity contribution in [1.82, 2.24) is 0 Å². The molecule has 0 aliphatic rings. The van der Waals surface area contributed by atoms with Crippen LogP contribution in [0.5, 0.6) is 0 Å². The van der Waals surface area contributed by atoms with Gasteiger partial charge in [0.05, 0.1) is 5.69 Å². The van der Waals surface area contributed by atoms with Gasteiger partial charge < -0.3 is 5.73 Å². The number of anilines is 2. The topological polar surface area (TPSA) is 72.2 Å². The number of nitrogen functional groups attached to an aromatic ring is 1. The summed E-state index contributed by atoms with van der Waals surface area (Å²) in [4.78, 5) is 0.0982. The minimum absolute atomic E-state index is 0.0982. The molecule has 3 N–H and O–H groups in total. The molecule has 0 unspecified atom stereocenters. The van der Waals surface area contributed by atoms with Crippen molar-refractivity contribution in [2.45, 2.75) is 31.6 Å². The Morgan fingerprint density at radius 2 is 1.67 bits per heavy atom. The molecule has 112 valence electrons. The summed E-state index contributed by atoms with van der Waals surface area (Å²) >= 11 is 0. The Hall–Kier alpha value is -2.01. The maximum Gasteiger partial charge on any atom is 0.263 e. The van der Waals surface area contributed by atoms with Gasteiger partial charge in [-0.1, -0.05) is 32.0 Å². The molecule has 0 aliphatic heterocycles. The summed E-state index contributed by atoms with van der Waals surface area (Å²) in [6, 6.07) is 12.3. The van der Waals surface area contributed by atoms with Crippen LogP contribution in [-0.4, -0.2) is 8.42 Å². The predicted molar refractivity (Wildman–Crippen MR) is 86.9 cm³/mol. The standard InChI is InChI=1S/C16H20N2O2S/c1-11(2)13-5-7-14(8-6-13)18-21(19,20)16-9-4-12(3)10-15(16)17/h4-11,18H,17H2,1-3H3. The molecule has 5 heteroatoms. The van der Waals surface area contributed by atoms with E-state index in [-0.39, 0.29) is 10.6 Å². The van der Waals surface area contributed by atoms with Crippen LogP contribution in [0.4, 0.5) is 11.4 Å². The first kappa shape index (κ1) is 15.4. The second-order valence-corrected chi connectivity index (χ2v) is 7.07. The molecule has 2 rings (SSSR count). The van der Waals surface area contributed by atoms with Crippen molar-refractivity contribution in [2.24, 2.45) is 0 Å². The highest BCUT2D eigenvalue weighted by Gasteiger charge is 2.17. The molecule has 0 saturated carbocycles. The Morgan fingerprint density at radius 1 is 1.05 bits per heavy atom. The molecule has 0 atom stereocenters. The molecule has 0 fully saturated rings. The first-order valence-corrected chi connectivity index (χ1v) is 8.27. The summed E-state index contributed by atoms with van der Waals surface area (Å²) in [6.45, 7) is 6.04. The molecule has 0 saturated heterocycles. The fourth-order valence-corrected chi connectivity index (χ4v) is 3.23. The summed E-state index contributed by atoms with van der Waals surface area (Å²) < 4.78 is 27.3. The van der Waals surface area contributed by atoms with Gasteiger partial charge in [0.25, 0.3) is 10.0 Å². The number of sulfonamides is 1. The van der Waals surface area contributed by atoms with Crippen molar-refractivity contribution in [2.75, 3.05) is 10.5 Å². The Kier molecular flexibility index (Phi) is 4.23. The van der Waals surface area contributed by atoms with Crippen LogP contribution in [0.15, 0.2) is 47.4 Å². The molecule has 0 amide bonds. The van der Waals surface area contributed by atoms with E-state index in [2.05, 4.69) is 18.6 Å². The number of rotatable bonds is 4. The van der Waals surface area contributed by atoms with Crippen LogP contribution >= 0.6 is 0 Å². The maximum absolute atomic E-state index is 12.4. The Labute approximate surface area is 126 Å². The molecule has 0 bridgehead atoms. The molecule has 0 aliphatic carbocycles. The second kappa shape index (κ2) is 5.77. The smallest absolute Gasteiger partial charge is 0.263 e. The fraction of sp³-hybridized carbons (Fsp3) is 0.250. The van der Waals surface area contributed by atoms with Crippen molar-refractivity contribution in [3.63, 3.8) is 0 Å². The average molecular weight is 304 g/mol. The number of benzene rings is 2. The third-order valence-electron chi connectivity index (χ3n) is 3.28. The molecule has 21 heavy (non-hydrogen) atoms. The van der Waals surface area contributed by atoms with Gasteiger partial charge in [-0.15, -0.1) is 0 Å². The van der Waals surface area contributed by atoms with Gasteiger partial charge in [-0.25, -0.2) is 8.42 Å². The van der Waals surface area contributed by atoms with E-state index < -0.39 is 10.0 Å². The lowest BCUT2D eigenvalue weighted by molar-refractivity contribution is 0.601. The van der Waals surface area contributed by atoms with E-state index in [0.29, 0.717) is 11.6 Å². The SMILES string of the molecule is Cc1ccc(S(=O)(=O)Nc2ccc(C(C)C)cc2)c(N)c1. The predicted octanol–water partition coefficient (Wildman–Crippen LogP) is 3.50. The zero-order chi connectivity index (χ0) is 15.6. The molecular weight excluding hydrogens is 284 g/mol. The van der Waals surface area contributed by atoms with E-state index in [1.807, 2.05) is 19.1 Å². The first-order chi connectivity index (χ1) is 9.79. The van der Waals surface area contributed by atoms with Crippen molar-refractivity contribution in [3.8, 4) is 0 Å². The van der Waals surface area contributed by atoms with Gasteiger partial charge in [-0.3, -0.25) is 4.72 Å². The van der Waals surface area contributed by atoms with Crippen molar-refractivity contribution >= 4 is 21.4 Å². The first-order valence-electron chi connectivity index (χ1n) is 6.78. The molecule has 2 aromatic rings. The minimum Gasteiger partial charge on any atom is -0.398 e. The van der Waals surface area contributed by atoms with E-state index in [0.717, 1.165) is 11.1 Å². The third-order valence-corrected chi connectivity index (χ3v) is 4.74. The molecule has 0 radical (unpaired) electrons. The second-order valence-electron chi connectivity index (χ2n) is 5.42. The van der Waals surface area contributed by atoms with Crippen molar-refractivity contribution in [3.05, 3.63) is 53.6 Å². The van der Waals surface area contributed by atoms with Crippen LogP contribution < -0.4 is 10.5 Å². The van der Waals surface area contributed by atoms with E-state index in [4.69, 9.17) is 5.73 Å². The summed E-state index contributed by atoms with van der Waals surface area (Å²) in [5.41, 5.74) is 8.67. The molecule has 0 aromatic heterocycles. The third kappa shape index (κ3) is 3.55. The van der Waals surface area contributed by atoms with E-state index in [9.17, 15) is 8.42 Å². The highest BCUT2D eigenvalue weighted by molar-refractivity contribution is 7.92. The van der Waals surface area contributed by atoms with Gasteiger partial charge in [-0.05, 0) is 48.2 Å². The van der Waals surface area contributed by atoms with Crippen LogP contribution in [0.25, 0.3) is 0 Å². The largest absolute Gasteiger partial charge is 0.398 e. The molecular formula is C16H20N2O2S. The lowest BCUT2D eigenvalue weighted by Crippen LogP contribution is -2.14. The molecule has 0 spiro atoms. The monoisotopic (exact) mass is 304 g/mol. The van der Waals surface area contributed by atoms with Crippen LogP contribution in [0.2, 0.25) is 0 Å². The lowest BCUT2D eigenvalue weighted by Gasteiger charge is -2.12. The van der Waals surface area contributed by atoms with Crippen LogP contribution in [0.3, 0.4) is 0 Å². The van der Waals surface area contributed by atoms with Gasteiger partial charge in [0.2, 0.25) is 0 Å². The van der Waals surface area contributed by atoms with Gasteiger partial charge in [0.1, 0.15) is 4.90 Å². The number of nitrogens with two attached hydrogens (primary N) is 1. The summed E-state index contributed by atoms with van der Waals surface area (Å²) in [7, 11) is -3.67. The number of hydrogen-bond acceptors (Lipinski definition) is 3. The van der Waals surface area contributed by atoms with Gasteiger partial charge in [0.15, 0.2) is 0 Å². The number of nitrogens with one attached hydrogen (secondary N) is 1. The van der Waals surface area contributed by atoms with E-state index in [1.54, 1.807) is 24.3 Å². The lowest BCUT2D eigenvalue weighted by atomic mass is 10.0. The molecule has 4 nitrogen and oxygen atoms in total. The van der Waals surface area contributed by atoms with Crippen LogP contribution in [0, 0.1) is 6.92 Å². The highest BCUT2D eigenvalue weighted by atomic mass is 32.2. The Balaban J connectivity index is 2.28. The van der Waals surface area contributed by atoms with Gasteiger partial charge in [-0.2, -0.15) is 0 Å². The Morgan fingerprint density at radius 3 is 2.19 bits per heavy atom. The number of hydrogen-bond donors (Lipinski definition) is 2. The van der Waals surface area contributed by atoms with Gasteiger partial charge in [0, 0.05) is 5.69 Å². The zero-order valence-corrected chi connectivity index (χ0v) is 13.2. The molecule has 0 heterocycles. The van der Waals surface area contributed by atoms with E-state index >= 15 is 0 Å². The van der Waals surface area contributed by atoms with E-state index in [1.165, 1.54) is 6.07 Å². The maximum atomic E-state index is 12.4.